The van der Waals surface area contributed by atoms with Crippen LogP contribution in [0.25, 0.3) is 0 Å². The molecule has 0 saturated heterocycles. The van der Waals surface area contributed by atoms with Crippen molar-refractivity contribution in [2.75, 3.05) is 19.3 Å². The van der Waals surface area contributed by atoms with Crippen LogP contribution in [-0.2, 0) is 20.0 Å². The van der Waals surface area contributed by atoms with Gasteiger partial charge in [-0.15, -0.1) is 0 Å². The molecule has 2 N–H and O–H groups in total. The van der Waals surface area contributed by atoms with Crippen LogP contribution in [0.4, 0.5) is 0 Å². The minimum Gasteiger partial charge on any atom is -0.214 e. The van der Waals surface area contributed by atoms with E-state index in [9.17, 15) is 16.8 Å². The van der Waals surface area contributed by atoms with Gasteiger partial charge in [0, 0.05) is 13.1 Å². The fourth-order valence-corrected chi connectivity index (χ4v) is 2.79. The largest absolute Gasteiger partial charge is 0.240 e. The Balaban J connectivity index is 2.69. The van der Waals surface area contributed by atoms with E-state index in [4.69, 9.17) is 5.26 Å². The maximum Gasteiger partial charge on any atom is 0.240 e. The predicted octanol–water partition coefficient (Wildman–Crippen LogP) is -0.614. The zero-order valence-electron chi connectivity index (χ0n) is 10.1. The van der Waals surface area contributed by atoms with Crippen molar-refractivity contribution in [3.8, 4) is 6.07 Å². The van der Waals surface area contributed by atoms with E-state index in [1.165, 1.54) is 24.3 Å². The molecule has 1 rings (SSSR count). The van der Waals surface area contributed by atoms with Gasteiger partial charge in [-0.05, 0) is 18.2 Å². The summed E-state index contributed by atoms with van der Waals surface area (Å²) < 4.78 is 49.6. The lowest BCUT2D eigenvalue weighted by atomic mass is 10.2. The summed E-state index contributed by atoms with van der Waals surface area (Å²) in [6.07, 6.45) is 0.984. The quantitative estimate of drug-likeness (QED) is 0.680. The lowest BCUT2D eigenvalue weighted by molar-refractivity contribution is 0.573. The predicted molar refractivity (Wildman–Crippen MR) is 69.2 cm³/mol. The van der Waals surface area contributed by atoms with Crippen LogP contribution < -0.4 is 9.44 Å². The lowest BCUT2D eigenvalue weighted by Gasteiger charge is -2.07. The second kappa shape index (κ2) is 6.12. The van der Waals surface area contributed by atoms with Crippen molar-refractivity contribution in [1.82, 2.24) is 9.44 Å². The third-order valence-electron chi connectivity index (χ3n) is 2.05. The van der Waals surface area contributed by atoms with E-state index in [1.807, 2.05) is 6.07 Å². The van der Waals surface area contributed by atoms with Crippen molar-refractivity contribution in [2.24, 2.45) is 0 Å². The highest BCUT2D eigenvalue weighted by atomic mass is 32.2. The van der Waals surface area contributed by atoms with Crippen LogP contribution in [0.1, 0.15) is 5.56 Å². The summed E-state index contributed by atoms with van der Waals surface area (Å²) in [6, 6.07) is 7.39. The fourth-order valence-electron chi connectivity index (χ4n) is 1.24. The first kappa shape index (κ1) is 15.6. The highest BCUT2D eigenvalue weighted by Crippen LogP contribution is 2.10. The SMILES string of the molecule is CS(=O)(=O)NCCNS(=O)(=O)c1cccc(C#N)c1. The molecule has 1 aromatic carbocycles. The molecule has 0 spiro atoms. The van der Waals surface area contributed by atoms with E-state index < -0.39 is 20.0 Å². The summed E-state index contributed by atoms with van der Waals surface area (Å²) >= 11 is 0. The first-order chi connectivity index (χ1) is 8.74. The van der Waals surface area contributed by atoms with E-state index in [0.717, 1.165) is 6.26 Å². The molecule has 1 aromatic rings. The first-order valence-corrected chi connectivity index (χ1v) is 8.56. The van der Waals surface area contributed by atoms with E-state index in [-0.39, 0.29) is 23.5 Å². The monoisotopic (exact) mass is 303 g/mol. The molecule has 0 fully saturated rings. The average molecular weight is 303 g/mol. The summed E-state index contributed by atoms with van der Waals surface area (Å²) in [5, 5.41) is 8.69. The fraction of sp³-hybridized carbons (Fsp3) is 0.300. The highest BCUT2D eigenvalue weighted by molar-refractivity contribution is 7.89. The maximum absolute atomic E-state index is 11.8. The van der Waals surface area contributed by atoms with Crippen LogP contribution in [0.5, 0.6) is 0 Å². The molecular weight excluding hydrogens is 290 g/mol. The number of hydrogen-bond donors (Lipinski definition) is 2. The molecule has 0 amide bonds. The topological polar surface area (TPSA) is 116 Å². The van der Waals surface area contributed by atoms with Gasteiger partial charge in [-0.2, -0.15) is 5.26 Å². The normalized spacial score (nSPS) is 12.0. The number of nitrogens with one attached hydrogen (secondary N) is 2. The minimum atomic E-state index is -3.75. The van der Waals surface area contributed by atoms with E-state index in [0.29, 0.717) is 0 Å². The number of sulfonamides is 2. The standard InChI is InChI=1S/C10H13N3O4S2/c1-18(14,15)12-5-6-13-19(16,17)10-4-2-3-9(7-10)8-11/h2-4,7,12-13H,5-6H2,1H3. The zero-order valence-corrected chi connectivity index (χ0v) is 11.8. The Hall–Kier alpha value is -1.47. The van der Waals surface area contributed by atoms with Crippen LogP contribution >= 0.6 is 0 Å². The van der Waals surface area contributed by atoms with Crippen LogP contribution in [0.15, 0.2) is 29.2 Å². The summed E-state index contributed by atoms with van der Waals surface area (Å²) in [5.41, 5.74) is 0.233. The third-order valence-corrected chi connectivity index (χ3v) is 4.24. The van der Waals surface area contributed by atoms with Crippen molar-refractivity contribution in [3.05, 3.63) is 29.8 Å². The molecule has 0 bridgehead atoms. The van der Waals surface area contributed by atoms with Crippen molar-refractivity contribution in [3.63, 3.8) is 0 Å². The van der Waals surface area contributed by atoms with E-state index in [1.54, 1.807) is 0 Å². The lowest BCUT2D eigenvalue weighted by Crippen LogP contribution is -2.34. The molecule has 9 heteroatoms. The Morgan fingerprint density at radius 2 is 1.79 bits per heavy atom. The van der Waals surface area contributed by atoms with Gasteiger partial charge in [-0.3, -0.25) is 0 Å². The molecular formula is C10H13N3O4S2. The summed E-state index contributed by atoms with van der Waals surface area (Å²) in [6.45, 7) is -0.123. The molecule has 0 radical (unpaired) electrons. The molecule has 0 aliphatic heterocycles. The van der Waals surface area contributed by atoms with Gasteiger partial charge in [0.1, 0.15) is 0 Å². The van der Waals surface area contributed by atoms with Crippen molar-refractivity contribution < 1.29 is 16.8 Å². The molecule has 0 aliphatic rings. The van der Waals surface area contributed by atoms with Gasteiger partial charge >= 0.3 is 0 Å². The van der Waals surface area contributed by atoms with Gasteiger partial charge in [0.15, 0.2) is 0 Å². The molecule has 0 unspecified atom stereocenters. The maximum atomic E-state index is 11.8. The number of rotatable bonds is 6. The smallest absolute Gasteiger partial charge is 0.214 e. The number of benzene rings is 1. The van der Waals surface area contributed by atoms with Gasteiger partial charge in [-0.25, -0.2) is 26.3 Å². The third kappa shape index (κ3) is 5.35. The van der Waals surface area contributed by atoms with Gasteiger partial charge in [0.2, 0.25) is 20.0 Å². The van der Waals surface area contributed by atoms with Crippen LogP contribution in [0.2, 0.25) is 0 Å². The van der Waals surface area contributed by atoms with Crippen molar-refractivity contribution in [2.45, 2.75) is 4.90 Å². The molecule has 19 heavy (non-hydrogen) atoms. The zero-order chi connectivity index (χ0) is 14.5. The molecule has 0 heterocycles. The second-order valence-electron chi connectivity index (χ2n) is 3.70. The van der Waals surface area contributed by atoms with Crippen LogP contribution in [-0.4, -0.2) is 36.2 Å². The van der Waals surface area contributed by atoms with Crippen LogP contribution in [0.3, 0.4) is 0 Å². The Kier molecular flexibility index (Phi) is 5.02. The Morgan fingerprint density at radius 1 is 1.16 bits per heavy atom. The summed E-state index contributed by atoms with van der Waals surface area (Å²) in [4.78, 5) is -0.0362. The molecule has 7 nitrogen and oxygen atoms in total. The number of nitriles is 1. The first-order valence-electron chi connectivity index (χ1n) is 5.19. The summed E-state index contributed by atoms with van der Waals surface area (Å²) in [5.74, 6) is 0. The van der Waals surface area contributed by atoms with E-state index >= 15 is 0 Å². The second-order valence-corrected chi connectivity index (χ2v) is 7.30. The molecule has 0 aliphatic carbocycles. The number of hydrogen-bond acceptors (Lipinski definition) is 5. The van der Waals surface area contributed by atoms with Gasteiger partial charge in [-0.1, -0.05) is 6.07 Å². The minimum absolute atomic E-state index is 0.0362. The Labute approximate surface area is 112 Å². The van der Waals surface area contributed by atoms with Crippen LogP contribution in [0, 0.1) is 11.3 Å². The van der Waals surface area contributed by atoms with Crippen molar-refractivity contribution in [1.29, 1.82) is 5.26 Å². The highest BCUT2D eigenvalue weighted by Gasteiger charge is 2.13. The Bertz CT molecular complexity index is 690. The number of nitrogens with zero attached hydrogens (tertiary/aromatic N) is 1. The molecule has 0 atom stereocenters. The van der Waals surface area contributed by atoms with E-state index in [2.05, 4.69) is 9.44 Å². The molecule has 0 saturated carbocycles. The van der Waals surface area contributed by atoms with Gasteiger partial charge in [0.25, 0.3) is 0 Å². The van der Waals surface area contributed by atoms with Gasteiger partial charge < -0.3 is 0 Å². The summed E-state index contributed by atoms with van der Waals surface area (Å²) in [7, 11) is -7.09. The Morgan fingerprint density at radius 3 is 2.37 bits per heavy atom. The van der Waals surface area contributed by atoms with Crippen molar-refractivity contribution >= 4 is 20.0 Å². The van der Waals surface area contributed by atoms with Gasteiger partial charge in [0.05, 0.1) is 22.8 Å². The average Bonchev–Trinajstić information content (AvgIpc) is 2.34. The molecule has 104 valence electrons. The molecule has 0 aromatic heterocycles.